The normalized spacial score (nSPS) is 14.1. The Labute approximate surface area is 281 Å². The van der Waals surface area contributed by atoms with Gasteiger partial charge in [0.05, 0.1) is 42.6 Å². The summed E-state index contributed by atoms with van der Waals surface area (Å²) >= 11 is 0. The summed E-state index contributed by atoms with van der Waals surface area (Å²) in [6.45, 7) is 1.97. The molecule has 0 spiro atoms. The zero-order chi connectivity index (χ0) is 34.7. The Kier molecular flexibility index (Phi) is 9.62. The predicted molar refractivity (Wildman–Crippen MR) is 180 cm³/mol. The van der Waals surface area contributed by atoms with Crippen molar-refractivity contribution in [2.45, 2.75) is 57.3 Å². The van der Waals surface area contributed by atoms with Crippen molar-refractivity contribution < 1.29 is 37.3 Å². The van der Waals surface area contributed by atoms with Gasteiger partial charge in [-0.15, -0.1) is 0 Å². The van der Waals surface area contributed by atoms with E-state index in [9.17, 15) is 22.8 Å². The lowest BCUT2D eigenvalue weighted by Gasteiger charge is -2.18. The van der Waals surface area contributed by atoms with Gasteiger partial charge in [0.2, 0.25) is 0 Å². The average Bonchev–Trinajstić information content (AvgIpc) is 3.77. The first-order chi connectivity index (χ1) is 23.5. The largest absolute Gasteiger partial charge is 0.497 e. The second-order valence-electron chi connectivity index (χ2n) is 12.2. The van der Waals surface area contributed by atoms with Gasteiger partial charge < -0.3 is 19.9 Å². The number of hydrogen-bond donors (Lipinski definition) is 2. The van der Waals surface area contributed by atoms with Gasteiger partial charge in [-0.3, -0.25) is 14.3 Å². The molecule has 1 fully saturated rings. The second-order valence-corrected chi connectivity index (χ2v) is 12.2. The van der Waals surface area contributed by atoms with Gasteiger partial charge in [-0.1, -0.05) is 30.3 Å². The number of fused-ring (bicyclic) bond motifs is 1. The number of methoxy groups -OCH3 is 1. The zero-order valence-electron chi connectivity index (χ0n) is 27.1. The van der Waals surface area contributed by atoms with Crippen LogP contribution < -0.4 is 14.8 Å². The SMILES string of the molecule is COc1ccc2cc(-c3cc(-c4ccc(C(F)(F)F)cc4OC4CCCC4)nn3[C@@H](C)c3ccc(C(=O)NCCC(=O)O)cc3)ccc2c1. The van der Waals surface area contributed by atoms with Crippen LogP contribution >= 0.6 is 0 Å². The van der Waals surface area contributed by atoms with Gasteiger partial charge >= 0.3 is 12.1 Å². The molecular weight excluding hydrogens is 635 g/mol. The van der Waals surface area contributed by atoms with Gasteiger partial charge in [0.1, 0.15) is 11.5 Å². The van der Waals surface area contributed by atoms with Gasteiger partial charge in [-0.2, -0.15) is 18.3 Å². The first-order valence-corrected chi connectivity index (χ1v) is 16.2. The van der Waals surface area contributed by atoms with E-state index in [0.29, 0.717) is 16.8 Å². The van der Waals surface area contributed by atoms with Crippen LogP contribution in [0, 0.1) is 0 Å². The molecule has 0 unspecified atom stereocenters. The van der Waals surface area contributed by atoms with Gasteiger partial charge in [-0.05, 0) is 104 Å². The average molecular weight is 672 g/mol. The van der Waals surface area contributed by atoms with E-state index in [1.54, 1.807) is 31.4 Å². The maximum Gasteiger partial charge on any atom is 0.416 e. The lowest BCUT2D eigenvalue weighted by atomic mass is 10.0. The Bertz CT molecular complexity index is 1980. The summed E-state index contributed by atoms with van der Waals surface area (Å²) < 4.78 is 54.9. The van der Waals surface area contributed by atoms with Crippen LogP contribution in [0.15, 0.2) is 84.9 Å². The second kappa shape index (κ2) is 14.0. The molecule has 254 valence electrons. The highest BCUT2D eigenvalue weighted by Crippen LogP contribution is 2.41. The number of carboxylic acids is 1. The van der Waals surface area contributed by atoms with E-state index in [-0.39, 0.29) is 36.8 Å². The van der Waals surface area contributed by atoms with Gasteiger partial charge in [0.25, 0.3) is 5.91 Å². The highest BCUT2D eigenvalue weighted by molar-refractivity contribution is 5.94. The number of hydrogen-bond acceptors (Lipinski definition) is 5. The van der Waals surface area contributed by atoms with Crippen LogP contribution in [0.2, 0.25) is 0 Å². The number of amides is 1. The van der Waals surface area contributed by atoms with Gasteiger partial charge in [0, 0.05) is 23.2 Å². The molecule has 0 radical (unpaired) electrons. The molecule has 2 N–H and O–H groups in total. The number of benzene rings is 4. The number of carbonyl (C=O) groups excluding carboxylic acids is 1. The van der Waals surface area contributed by atoms with Gasteiger partial charge in [-0.25, -0.2) is 0 Å². The van der Waals surface area contributed by atoms with Crippen molar-refractivity contribution in [2.24, 2.45) is 0 Å². The monoisotopic (exact) mass is 671 g/mol. The Morgan fingerprint density at radius 3 is 2.37 bits per heavy atom. The lowest BCUT2D eigenvalue weighted by molar-refractivity contribution is -0.138. The molecule has 6 rings (SSSR count). The smallest absolute Gasteiger partial charge is 0.416 e. The number of rotatable bonds is 11. The van der Waals surface area contributed by atoms with Crippen molar-refractivity contribution in [3.05, 3.63) is 102 Å². The van der Waals surface area contributed by atoms with Crippen LogP contribution in [0.1, 0.15) is 66.6 Å². The molecule has 11 heteroatoms. The summed E-state index contributed by atoms with van der Waals surface area (Å²) in [5, 5.41) is 18.4. The Balaban J connectivity index is 1.42. The van der Waals surface area contributed by atoms with Crippen LogP contribution in [-0.4, -0.2) is 46.5 Å². The Hall–Kier alpha value is -5.32. The Morgan fingerprint density at radius 1 is 0.959 bits per heavy atom. The summed E-state index contributed by atoms with van der Waals surface area (Å²) in [6, 6.07) is 23.8. The fraction of sp³-hybridized carbons (Fsp3) is 0.289. The van der Waals surface area contributed by atoms with E-state index in [2.05, 4.69) is 5.32 Å². The number of alkyl halides is 3. The maximum atomic E-state index is 13.8. The molecule has 0 bridgehead atoms. The number of ether oxygens (including phenoxy) is 2. The molecule has 0 aliphatic heterocycles. The van der Waals surface area contributed by atoms with E-state index in [0.717, 1.165) is 71.2 Å². The van der Waals surface area contributed by atoms with Crippen LogP contribution in [0.3, 0.4) is 0 Å². The number of nitrogens with one attached hydrogen (secondary N) is 1. The number of carboxylic acid groups (broad SMARTS) is 1. The van der Waals surface area contributed by atoms with Crippen LogP contribution in [0.25, 0.3) is 33.3 Å². The van der Waals surface area contributed by atoms with Crippen LogP contribution in [0.5, 0.6) is 11.5 Å². The van der Waals surface area contributed by atoms with Crippen molar-refractivity contribution in [3.63, 3.8) is 0 Å². The minimum absolute atomic E-state index is 0.0146. The maximum absolute atomic E-state index is 13.8. The zero-order valence-corrected chi connectivity index (χ0v) is 27.1. The fourth-order valence-corrected chi connectivity index (χ4v) is 6.18. The van der Waals surface area contributed by atoms with Crippen LogP contribution in [0.4, 0.5) is 13.2 Å². The molecule has 1 aromatic heterocycles. The van der Waals surface area contributed by atoms with Crippen molar-refractivity contribution in [1.82, 2.24) is 15.1 Å². The molecule has 1 aliphatic carbocycles. The third-order valence-electron chi connectivity index (χ3n) is 8.91. The molecule has 49 heavy (non-hydrogen) atoms. The highest BCUT2D eigenvalue weighted by atomic mass is 19.4. The van der Waals surface area contributed by atoms with Gasteiger partial charge in [0.15, 0.2) is 0 Å². The summed E-state index contributed by atoms with van der Waals surface area (Å²) in [5.74, 6) is -0.502. The third kappa shape index (κ3) is 7.56. The van der Waals surface area contributed by atoms with E-state index < -0.39 is 17.7 Å². The number of aliphatic carboxylic acids is 1. The van der Waals surface area contributed by atoms with E-state index in [1.165, 1.54) is 6.07 Å². The summed E-state index contributed by atoms with van der Waals surface area (Å²) in [5.41, 5.74) is 2.95. The molecule has 0 saturated heterocycles. The quantitative estimate of drug-likeness (QED) is 0.146. The number of halogens is 3. The molecule has 1 heterocycles. The summed E-state index contributed by atoms with van der Waals surface area (Å²) in [7, 11) is 1.61. The van der Waals surface area contributed by atoms with Crippen LogP contribution in [-0.2, 0) is 11.0 Å². The topological polar surface area (TPSA) is 103 Å². The number of aromatic nitrogens is 2. The number of carbonyl (C=O) groups is 2. The molecule has 1 aliphatic rings. The van der Waals surface area contributed by atoms with E-state index in [4.69, 9.17) is 19.7 Å². The molecule has 8 nitrogen and oxygen atoms in total. The van der Waals surface area contributed by atoms with Crippen molar-refractivity contribution in [1.29, 1.82) is 0 Å². The Morgan fingerprint density at radius 2 is 1.67 bits per heavy atom. The molecule has 1 amide bonds. The third-order valence-corrected chi connectivity index (χ3v) is 8.91. The first kappa shape index (κ1) is 33.6. The van der Waals surface area contributed by atoms with Crippen molar-refractivity contribution in [3.8, 4) is 34.0 Å². The van der Waals surface area contributed by atoms with Crippen molar-refractivity contribution in [2.75, 3.05) is 13.7 Å². The van der Waals surface area contributed by atoms with E-state index >= 15 is 0 Å². The molecule has 1 atom stereocenters. The predicted octanol–water partition coefficient (Wildman–Crippen LogP) is 8.53. The standard InChI is InChI=1S/C38H36F3N3O5/c1-23(24-7-9-25(10-8-24)37(47)42-18-17-36(45)46)44-34(28-12-11-27-20-31(48-2)15-13-26(27)19-28)22-33(43-44)32-16-14-29(38(39,40)41)21-35(32)49-30-5-3-4-6-30/h7-16,19-23,30H,3-6,17-18H2,1-2H3,(H,42,47)(H,45,46)/t23-/m0/s1. The molecule has 1 saturated carbocycles. The lowest BCUT2D eigenvalue weighted by Crippen LogP contribution is -2.26. The molecule has 4 aromatic carbocycles. The molecular formula is C38H36F3N3O5. The highest BCUT2D eigenvalue weighted by Gasteiger charge is 2.32. The summed E-state index contributed by atoms with van der Waals surface area (Å²) in [4.78, 5) is 23.4. The number of nitrogens with zero attached hydrogens (tertiary/aromatic N) is 2. The van der Waals surface area contributed by atoms with E-state index in [1.807, 2.05) is 54.1 Å². The first-order valence-electron chi connectivity index (χ1n) is 16.2. The summed E-state index contributed by atoms with van der Waals surface area (Å²) in [6.07, 6.45) is -1.39. The fourth-order valence-electron chi connectivity index (χ4n) is 6.18. The van der Waals surface area contributed by atoms with Crippen molar-refractivity contribution >= 4 is 22.6 Å². The minimum Gasteiger partial charge on any atom is -0.497 e. The minimum atomic E-state index is -4.53. The molecule has 5 aromatic rings.